The number of esters is 1. The Morgan fingerprint density at radius 2 is 2.05 bits per heavy atom. The number of carbonyl (C=O) groups excluding carboxylic acids is 1. The number of nitro groups is 1. The van der Waals surface area contributed by atoms with Crippen LogP contribution in [0.25, 0.3) is 5.69 Å². The first kappa shape index (κ1) is 15.7. The second-order valence-electron chi connectivity index (χ2n) is 5.87. The van der Waals surface area contributed by atoms with Crippen molar-refractivity contribution in [3.8, 4) is 5.69 Å². The van der Waals surface area contributed by atoms with Gasteiger partial charge in [0, 0.05) is 23.7 Å². The van der Waals surface area contributed by atoms with Crippen LogP contribution in [0.2, 0.25) is 0 Å². The van der Waals surface area contributed by atoms with Crippen molar-refractivity contribution >= 4 is 11.7 Å². The van der Waals surface area contributed by atoms with Crippen LogP contribution in [0.3, 0.4) is 0 Å². The fourth-order valence-corrected chi connectivity index (χ4v) is 1.98. The first-order valence-corrected chi connectivity index (χ1v) is 6.65. The number of methoxy groups -OCH3 is 1. The fraction of sp³-hybridized carbons (Fsp3) is 0.333. The molecule has 7 heteroatoms. The predicted octanol–water partition coefficient (Wildman–Crippen LogP) is 2.86. The molecule has 1 aromatic carbocycles. The monoisotopic (exact) mass is 303 g/mol. The first-order valence-electron chi connectivity index (χ1n) is 6.65. The van der Waals surface area contributed by atoms with Gasteiger partial charge in [-0.2, -0.15) is 0 Å². The normalized spacial score (nSPS) is 11.3. The Hall–Kier alpha value is -2.70. The van der Waals surface area contributed by atoms with E-state index in [-0.39, 0.29) is 16.7 Å². The molecule has 2 aromatic rings. The average molecular weight is 303 g/mol. The molecule has 0 aliphatic heterocycles. The highest BCUT2D eigenvalue weighted by atomic mass is 16.6. The van der Waals surface area contributed by atoms with Gasteiger partial charge in [-0.25, -0.2) is 9.78 Å². The molecule has 0 bridgehead atoms. The van der Waals surface area contributed by atoms with Crippen molar-refractivity contribution in [3.63, 3.8) is 0 Å². The summed E-state index contributed by atoms with van der Waals surface area (Å²) >= 11 is 0. The number of imidazole rings is 1. The number of hydrogen-bond acceptors (Lipinski definition) is 5. The van der Waals surface area contributed by atoms with Crippen LogP contribution in [-0.4, -0.2) is 27.6 Å². The number of non-ortho nitro benzene ring substituents is 1. The minimum atomic E-state index is -0.635. The van der Waals surface area contributed by atoms with Gasteiger partial charge in [0.25, 0.3) is 5.69 Å². The molecule has 0 atom stereocenters. The van der Waals surface area contributed by atoms with Gasteiger partial charge in [-0.3, -0.25) is 10.1 Å². The van der Waals surface area contributed by atoms with E-state index >= 15 is 0 Å². The van der Waals surface area contributed by atoms with E-state index in [1.807, 2.05) is 20.8 Å². The van der Waals surface area contributed by atoms with Crippen LogP contribution in [0.1, 0.15) is 36.8 Å². The molecule has 0 radical (unpaired) electrons. The summed E-state index contributed by atoms with van der Waals surface area (Å²) in [7, 11) is 1.24. The SMILES string of the molecule is COC(=O)c1cc([N+](=O)[O-])ccc1-n1cnc(C(C)(C)C)c1. The highest BCUT2D eigenvalue weighted by Gasteiger charge is 2.21. The quantitative estimate of drug-likeness (QED) is 0.494. The van der Waals surface area contributed by atoms with E-state index in [0.717, 1.165) is 5.69 Å². The van der Waals surface area contributed by atoms with Crippen molar-refractivity contribution in [3.05, 3.63) is 52.1 Å². The van der Waals surface area contributed by atoms with Crippen molar-refractivity contribution in [2.75, 3.05) is 7.11 Å². The lowest BCUT2D eigenvalue weighted by Gasteiger charge is -2.14. The topological polar surface area (TPSA) is 87.3 Å². The summed E-state index contributed by atoms with van der Waals surface area (Å²) in [6, 6.07) is 4.06. The third-order valence-corrected chi connectivity index (χ3v) is 3.23. The third-order valence-electron chi connectivity index (χ3n) is 3.23. The number of carbonyl (C=O) groups is 1. The summed E-state index contributed by atoms with van der Waals surface area (Å²) in [6.45, 7) is 6.07. The zero-order chi connectivity index (χ0) is 16.5. The molecule has 0 saturated carbocycles. The maximum Gasteiger partial charge on any atom is 0.340 e. The smallest absolute Gasteiger partial charge is 0.340 e. The van der Waals surface area contributed by atoms with E-state index in [9.17, 15) is 14.9 Å². The second kappa shape index (κ2) is 5.59. The van der Waals surface area contributed by atoms with E-state index in [4.69, 9.17) is 4.74 Å². The Labute approximate surface area is 127 Å². The van der Waals surface area contributed by atoms with Crippen molar-refractivity contribution in [1.29, 1.82) is 0 Å². The van der Waals surface area contributed by atoms with Crippen LogP contribution < -0.4 is 0 Å². The van der Waals surface area contributed by atoms with Crippen LogP contribution in [0, 0.1) is 10.1 Å². The van der Waals surface area contributed by atoms with Crippen LogP contribution in [-0.2, 0) is 10.2 Å². The molecule has 22 heavy (non-hydrogen) atoms. The number of nitrogens with zero attached hydrogens (tertiary/aromatic N) is 3. The standard InChI is InChI=1S/C15H17N3O4/c1-15(2,3)13-8-17(9-16-13)12-6-5-10(18(20)21)7-11(12)14(19)22-4/h5-9H,1-4H3. The predicted molar refractivity (Wildman–Crippen MR) is 80.3 cm³/mol. The molecule has 7 nitrogen and oxygen atoms in total. The minimum Gasteiger partial charge on any atom is -0.465 e. The van der Waals surface area contributed by atoms with Crippen LogP contribution in [0.15, 0.2) is 30.7 Å². The number of benzene rings is 1. The number of aromatic nitrogens is 2. The molecule has 0 spiro atoms. The zero-order valence-corrected chi connectivity index (χ0v) is 12.9. The third kappa shape index (κ3) is 2.98. The lowest BCUT2D eigenvalue weighted by atomic mass is 9.93. The molecular weight excluding hydrogens is 286 g/mol. The van der Waals surface area contributed by atoms with E-state index < -0.39 is 10.9 Å². The Kier molecular flexibility index (Phi) is 3.99. The van der Waals surface area contributed by atoms with Gasteiger partial charge in [-0.15, -0.1) is 0 Å². The van der Waals surface area contributed by atoms with E-state index in [0.29, 0.717) is 5.69 Å². The summed E-state index contributed by atoms with van der Waals surface area (Å²) in [4.78, 5) is 26.6. The summed E-state index contributed by atoms with van der Waals surface area (Å²) < 4.78 is 6.38. The van der Waals surface area contributed by atoms with Crippen molar-refractivity contribution in [2.24, 2.45) is 0 Å². The molecule has 0 N–H and O–H groups in total. The molecule has 0 fully saturated rings. The Bertz CT molecular complexity index is 729. The maximum atomic E-state index is 11.9. The zero-order valence-electron chi connectivity index (χ0n) is 12.9. The van der Waals surface area contributed by atoms with Gasteiger partial charge in [0.15, 0.2) is 0 Å². The van der Waals surface area contributed by atoms with Gasteiger partial charge in [-0.05, 0) is 6.07 Å². The van der Waals surface area contributed by atoms with E-state index in [1.54, 1.807) is 17.1 Å². The highest BCUT2D eigenvalue weighted by Crippen LogP contribution is 2.25. The highest BCUT2D eigenvalue weighted by molar-refractivity contribution is 5.94. The van der Waals surface area contributed by atoms with Crippen LogP contribution in [0.5, 0.6) is 0 Å². The Balaban J connectivity index is 2.57. The molecule has 1 heterocycles. The van der Waals surface area contributed by atoms with Crippen LogP contribution >= 0.6 is 0 Å². The van der Waals surface area contributed by atoms with Gasteiger partial charge in [0.1, 0.15) is 0 Å². The average Bonchev–Trinajstić information content (AvgIpc) is 2.95. The minimum absolute atomic E-state index is 0.120. The summed E-state index contributed by atoms with van der Waals surface area (Å²) in [5.74, 6) is -0.635. The van der Waals surface area contributed by atoms with E-state index in [1.165, 1.54) is 25.3 Å². The van der Waals surface area contributed by atoms with Gasteiger partial charge in [0.05, 0.1) is 35.3 Å². The lowest BCUT2D eigenvalue weighted by molar-refractivity contribution is -0.384. The van der Waals surface area contributed by atoms with Crippen LogP contribution in [0.4, 0.5) is 5.69 Å². The second-order valence-corrected chi connectivity index (χ2v) is 5.87. The number of hydrogen-bond donors (Lipinski definition) is 0. The van der Waals surface area contributed by atoms with Gasteiger partial charge in [-0.1, -0.05) is 20.8 Å². The summed E-state index contributed by atoms with van der Waals surface area (Å²) in [6.07, 6.45) is 3.38. The molecule has 0 unspecified atom stereocenters. The molecule has 1 aromatic heterocycles. The maximum absolute atomic E-state index is 11.9. The largest absolute Gasteiger partial charge is 0.465 e. The number of nitro benzene ring substituents is 1. The van der Waals surface area contributed by atoms with Gasteiger partial charge in [0.2, 0.25) is 0 Å². The molecule has 0 aliphatic rings. The number of rotatable bonds is 3. The van der Waals surface area contributed by atoms with Gasteiger partial charge >= 0.3 is 5.97 Å². The summed E-state index contributed by atoms with van der Waals surface area (Å²) in [5.41, 5.74) is 1.15. The van der Waals surface area contributed by atoms with Crippen molar-refractivity contribution in [1.82, 2.24) is 9.55 Å². The fourth-order valence-electron chi connectivity index (χ4n) is 1.98. The molecule has 0 saturated heterocycles. The van der Waals surface area contributed by atoms with Gasteiger partial charge < -0.3 is 9.30 Å². The molecule has 116 valence electrons. The Morgan fingerprint density at radius 3 is 2.55 bits per heavy atom. The first-order chi connectivity index (χ1) is 10.2. The van der Waals surface area contributed by atoms with Crippen molar-refractivity contribution in [2.45, 2.75) is 26.2 Å². The number of ether oxygens (including phenoxy) is 1. The van der Waals surface area contributed by atoms with E-state index in [2.05, 4.69) is 4.98 Å². The molecular formula is C15H17N3O4. The van der Waals surface area contributed by atoms with Crippen molar-refractivity contribution < 1.29 is 14.5 Å². The molecule has 0 aliphatic carbocycles. The Morgan fingerprint density at radius 1 is 1.36 bits per heavy atom. The molecule has 2 rings (SSSR count). The lowest BCUT2D eigenvalue weighted by Crippen LogP contribution is -2.11. The molecule has 0 amide bonds. The summed E-state index contributed by atoms with van der Waals surface area (Å²) in [5, 5.41) is 10.9.